The molecule has 2 heterocycles. The molecule has 2 aromatic rings. The van der Waals surface area contributed by atoms with Crippen molar-refractivity contribution >= 4 is 40.6 Å². The quantitative estimate of drug-likeness (QED) is 0.403. The minimum Gasteiger partial charge on any atom is -0.497 e. The molecule has 1 aromatic carbocycles. The summed E-state index contributed by atoms with van der Waals surface area (Å²) in [4.78, 5) is 24.3. The van der Waals surface area contributed by atoms with Gasteiger partial charge in [0, 0.05) is 19.2 Å². The fourth-order valence-corrected chi connectivity index (χ4v) is 4.20. The molecule has 1 aliphatic carbocycles. The number of fused-ring (bicyclic) bond motifs is 1. The van der Waals surface area contributed by atoms with Gasteiger partial charge in [0.05, 0.1) is 12.9 Å². The second-order valence-corrected chi connectivity index (χ2v) is 8.39. The highest BCUT2D eigenvalue weighted by Gasteiger charge is 2.38. The van der Waals surface area contributed by atoms with Crippen molar-refractivity contribution < 1.29 is 14.6 Å². The number of nitrogens with zero attached hydrogens (tertiary/aromatic N) is 3. The number of Topliss-reactive ketones (excluding diaryl/α,β-unsaturated/α-hetero) is 1. The lowest BCUT2D eigenvalue weighted by Gasteiger charge is -2.40. The van der Waals surface area contributed by atoms with E-state index in [2.05, 4.69) is 9.97 Å². The number of H-pyrrole nitrogens is 1. The van der Waals surface area contributed by atoms with Crippen LogP contribution in [0.15, 0.2) is 29.4 Å². The van der Waals surface area contributed by atoms with E-state index in [0.717, 1.165) is 12.2 Å². The summed E-state index contributed by atoms with van der Waals surface area (Å²) in [6.45, 7) is 0.751. The summed E-state index contributed by atoms with van der Waals surface area (Å²) in [5.41, 5.74) is 1.35. The highest BCUT2D eigenvalue weighted by molar-refractivity contribution is 7.99. The lowest BCUT2D eigenvalue weighted by Crippen LogP contribution is -2.54. The number of anilines is 1. The van der Waals surface area contributed by atoms with Crippen LogP contribution in [0.1, 0.15) is 28.9 Å². The number of aromatic nitrogens is 2. The third-order valence-corrected chi connectivity index (χ3v) is 6.31. The van der Waals surface area contributed by atoms with Crippen molar-refractivity contribution in [2.24, 2.45) is 5.92 Å². The standard InChI is InChI=1S/C19H22N4O3S2/c1-22-16-15(17(27)23(19(22)25)9-11-3-4-11)20-18(21-16)28-10-14(24)12-5-7-13(26-2)8-6-12/h5-8,11,19,25H,3-4,9-10H2,1-2H3,(H,20,21). The highest BCUT2D eigenvalue weighted by Crippen LogP contribution is 2.35. The number of hydrogen-bond donors (Lipinski definition) is 2. The summed E-state index contributed by atoms with van der Waals surface area (Å²) in [7, 11) is 3.39. The van der Waals surface area contributed by atoms with E-state index in [1.54, 1.807) is 43.3 Å². The van der Waals surface area contributed by atoms with E-state index in [4.69, 9.17) is 17.0 Å². The highest BCUT2D eigenvalue weighted by atomic mass is 32.2. The molecular formula is C19H22N4O3S2. The van der Waals surface area contributed by atoms with Crippen LogP contribution in [0, 0.1) is 5.92 Å². The van der Waals surface area contributed by atoms with Crippen molar-refractivity contribution in [3.05, 3.63) is 35.5 Å². The largest absolute Gasteiger partial charge is 0.497 e. The van der Waals surface area contributed by atoms with Crippen molar-refractivity contribution in [3.8, 4) is 5.75 Å². The molecule has 2 N–H and O–H groups in total. The number of thiocarbonyl (C=S) groups is 1. The van der Waals surface area contributed by atoms with Gasteiger partial charge >= 0.3 is 0 Å². The van der Waals surface area contributed by atoms with Crippen molar-refractivity contribution in [1.29, 1.82) is 0 Å². The van der Waals surface area contributed by atoms with E-state index < -0.39 is 6.35 Å². The average Bonchev–Trinajstić information content (AvgIpc) is 3.43. The number of nitrogens with one attached hydrogen (secondary N) is 1. The molecule has 0 amide bonds. The zero-order valence-corrected chi connectivity index (χ0v) is 17.3. The fraction of sp³-hybridized carbons (Fsp3) is 0.421. The number of thioether (sulfide) groups is 1. The Labute approximate surface area is 173 Å². The second kappa shape index (κ2) is 7.73. The molecule has 1 unspecified atom stereocenters. The number of aliphatic hydroxyl groups excluding tert-OH is 1. The maximum absolute atomic E-state index is 12.4. The molecular weight excluding hydrogens is 396 g/mol. The minimum atomic E-state index is -0.817. The molecule has 0 spiro atoms. The number of hydrogen-bond acceptors (Lipinski definition) is 7. The van der Waals surface area contributed by atoms with Gasteiger partial charge in [-0.3, -0.25) is 4.79 Å². The first-order valence-electron chi connectivity index (χ1n) is 9.10. The molecule has 1 atom stereocenters. The van der Waals surface area contributed by atoms with Crippen LogP contribution in [0.3, 0.4) is 0 Å². The van der Waals surface area contributed by atoms with Gasteiger partial charge < -0.3 is 24.6 Å². The predicted molar refractivity (Wildman–Crippen MR) is 112 cm³/mol. The van der Waals surface area contributed by atoms with E-state index in [-0.39, 0.29) is 11.5 Å². The van der Waals surface area contributed by atoms with Crippen LogP contribution in [-0.2, 0) is 0 Å². The maximum atomic E-state index is 12.4. The average molecular weight is 419 g/mol. The number of rotatable bonds is 7. The van der Waals surface area contributed by atoms with Crippen LogP contribution in [0.25, 0.3) is 0 Å². The zero-order chi connectivity index (χ0) is 19.8. The van der Waals surface area contributed by atoms with Crippen molar-refractivity contribution in [3.63, 3.8) is 0 Å². The summed E-state index contributed by atoms with van der Waals surface area (Å²) in [6.07, 6.45) is 1.54. The van der Waals surface area contributed by atoms with Crippen LogP contribution >= 0.6 is 24.0 Å². The molecule has 0 radical (unpaired) electrons. The Morgan fingerprint density at radius 2 is 2.11 bits per heavy atom. The van der Waals surface area contributed by atoms with Crippen LogP contribution < -0.4 is 9.64 Å². The topological polar surface area (TPSA) is 81.7 Å². The maximum Gasteiger partial charge on any atom is 0.209 e. The van der Waals surface area contributed by atoms with Crippen molar-refractivity contribution in [1.82, 2.24) is 14.9 Å². The molecule has 0 bridgehead atoms. The van der Waals surface area contributed by atoms with E-state index in [1.807, 2.05) is 4.90 Å². The molecule has 7 nitrogen and oxygen atoms in total. The molecule has 2 aliphatic rings. The van der Waals surface area contributed by atoms with E-state index >= 15 is 0 Å². The Hall–Kier alpha value is -2.10. The zero-order valence-electron chi connectivity index (χ0n) is 15.7. The number of ketones is 1. The molecule has 4 rings (SSSR count). The predicted octanol–water partition coefficient (Wildman–Crippen LogP) is 2.51. The number of aromatic amines is 1. The van der Waals surface area contributed by atoms with E-state index in [0.29, 0.717) is 33.2 Å². The SMILES string of the molecule is COc1ccc(C(=O)CSc2nc3c([nH]2)C(=S)N(CC2CC2)C(O)N3C)cc1. The monoisotopic (exact) mass is 418 g/mol. The van der Waals surface area contributed by atoms with Crippen molar-refractivity contribution in [2.45, 2.75) is 24.3 Å². The number of imidazole rings is 1. The van der Waals surface area contributed by atoms with E-state index in [9.17, 15) is 9.90 Å². The Morgan fingerprint density at radius 1 is 1.39 bits per heavy atom. The van der Waals surface area contributed by atoms with Gasteiger partial charge in [0.1, 0.15) is 16.4 Å². The van der Waals surface area contributed by atoms with E-state index in [1.165, 1.54) is 24.6 Å². The lowest BCUT2D eigenvalue weighted by molar-refractivity contribution is 0.0498. The number of ether oxygens (including phenoxy) is 1. The van der Waals surface area contributed by atoms with Gasteiger partial charge in [-0.05, 0) is 43.0 Å². The van der Waals surface area contributed by atoms with Crippen LogP contribution in [0.2, 0.25) is 0 Å². The van der Waals surface area contributed by atoms with Crippen LogP contribution in [0.4, 0.5) is 5.82 Å². The summed E-state index contributed by atoms with van der Waals surface area (Å²) in [5, 5.41) is 11.2. The van der Waals surface area contributed by atoms with Gasteiger partial charge in [-0.25, -0.2) is 4.98 Å². The summed E-state index contributed by atoms with van der Waals surface area (Å²) in [6, 6.07) is 7.05. The molecule has 1 aliphatic heterocycles. The minimum absolute atomic E-state index is 0.00773. The van der Waals surface area contributed by atoms with Gasteiger partial charge in [0.2, 0.25) is 6.35 Å². The molecule has 148 valence electrons. The van der Waals surface area contributed by atoms with Gasteiger partial charge in [0.15, 0.2) is 16.8 Å². The Balaban J connectivity index is 1.45. The Bertz CT molecular complexity index is 895. The van der Waals surface area contributed by atoms with Gasteiger partial charge in [0.25, 0.3) is 0 Å². The fourth-order valence-electron chi connectivity index (χ4n) is 3.13. The lowest BCUT2D eigenvalue weighted by atomic mass is 10.1. The first-order chi connectivity index (χ1) is 13.5. The summed E-state index contributed by atoms with van der Waals surface area (Å²) in [5.74, 6) is 2.19. The number of aliphatic hydroxyl groups is 1. The van der Waals surface area contributed by atoms with Crippen molar-refractivity contribution in [2.75, 3.05) is 31.4 Å². The van der Waals surface area contributed by atoms with Gasteiger partial charge in [-0.1, -0.05) is 24.0 Å². The number of carbonyl (C=O) groups excluding carboxylic acids is 1. The Morgan fingerprint density at radius 3 is 2.75 bits per heavy atom. The molecule has 28 heavy (non-hydrogen) atoms. The molecule has 1 saturated carbocycles. The summed E-state index contributed by atoms with van der Waals surface area (Å²) < 4.78 is 5.12. The van der Waals surface area contributed by atoms with Gasteiger partial charge in [-0.2, -0.15) is 0 Å². The third-order valence-electron chi connectivity index (χ3n) is 5.00. The third kappa shape index (κ3) is 3.74. The number of benzene rings is 1. The van der Waals surface area contributed by atoms with Gasteiger partial charge in [-0.15, -0.1) is 0 Å². The molecule has 9 heteroatoms. The first kappa shape index (κ1) is 19.2. The molecule has 0 saturated heterocycles. The summed E-state index contributed by atoms with van der Waals surface area (Å²) >= 11 is 6.91. The normalized spacial score (nSPS) is 19.0. The number of methoxy groups -OCH3 is 1. The second-order valence-electron chi connectivity index (χ2n) is 7.04. The van der Waals surface area contributed by atoms with Crippen LogP contribution in [-0.4, -0.2) is 63.6 Å². The number of carbonyl (C=O) groups is 1. The van der Waals surface area contributed by atoms with Crippen LogP contribution in [0.5, 0.6) is 5.75 Å². The smallest absolute Gasteiger partial charge is 0.209 e. The Kier molecular flexibility index (Phi) is 5.31. The molecule has 1 fully saturated rings. The molecule has 1 aromatic heterocycles. The first-order valence-corrected chi connectivity index (χ1v) is 10.5.